The molecule has 1 aliphatic rings. The van der Waals surface area contributed by atoms with Crippen LogP contribution in [0.1, 0.15) is 11.1 Å². The Bertz CT molecular complexity index is 1500. The highest BCUT2D eigenvalue weighted by Gasteiger charge is 2.23. The molecule has 1 aliphatic heterocycles. The van der Waals surface area contributed by atoms with E-state index >= 15 is 0 Å². The van der Waals surface area contributed by atoms with Gasteiger partial charge in [0.2, 0.25) is 11.8 Å². The van der Waals surface area contributed by atoms with E-state index in [1.54, 1.807) is 7.11 Å². The van der Waals surface area contributed by atoms with Crippen molar-refractivity contribution in [3.05, 3.63) is 52.7 Å². The van der Waals surface area contributed by atoms with E-state index in [1.165, 1.54) is 31.2 Å². The molecule has 0 atom stereocenters. The first kappa shape index (κ1) is 27.1. The molecular formula is C23H25ClFN4O6PS. The number of ether oxygens (including phenoxy) is 2. The second kappa shape index (κ2) is 10.4. The Balaban J connectivity index is 1.66. The summed E-state index contributed by atoms with van der Waals surface area (Å²) in [6.45, 7) is 4.64. The number of aromatic nitrogens is 2. The summed E-state index contributed by atoms with van der Waals surface area (Å²) < 4.78 is 63.3. The van der Waals surface area contributed by atoms with E-state index in [-0.39, 0.29) is 33.7 Å². The molecule has 2 heterocycles. The summed E-state index contributed by atoms with van der Waals surface area (Å²) >= 11 is 6.27. The van der Waals surface area contributed by atoms with Gasteiger partial charge in [0, 0.05) is 13.1 Å². The summed E-state index contributed by atoms with van der Waals surface area (Å²) in [6, 6.07) is 7.57. The summed E-state index contributed by atoms with van der Waals surface area (Å²) in [5.74, 6) is 0.483. The molecule has 2 aromatic carbocycles. The molecule has 0 spiro atoms. The third kappa shape index (κ3) is 6.70. The molecule has 0 aliphatic carbocycles. The fourth-order valence-corrected chi connectivity index (χ4v) is 5.43. The zero-order valence-electron chi connectivity index (χ0n) is 20.5. The second-order valence-corrected chi connectivity index (χ2v) is 13.4. The minimum atomic E-state index is -5.26. The Hall–Kier alpha value is -2.92. The molecule has 14 heteroatoms. The number of halogens is 2. The van der Waals surface area contributed by atoms with Gasteiger partial charge in [-0.1, -0.05) is 15.5 Å². The number of methoxy groups -OCH3 is 1. The van der Waals surface area contributed by atoms with E-state index in [0.717, 1.165) is 37.2 Å². The van der Waals surface area contributed by atoms with Crippen LogP contribution in [0, 0.1) is 0 Å². The van der Waals surface area contributed by atoms with Gasteiger partial charge in [-0.2, -0.15) is 13.4 Å². The van der Waals surface area contributed by atoms with Crippen molar-refractivity contribution in [2.24, 2.45) is 0 Å². The van der Waals surface area contributed by atoms with Crippen LogP contribution in [0.2, 0.25) is 5.02 Å². The third-order valence-corrected chi connectivity index (χ3v) is 7.76. The maximum Gasteiger partial charge on any atom is 0.488 e. The summed E-state index contributed by atoms with van der Waals surface area (Å²) in [7, 11) is -4.66. The van der Waals surface area contributed by atoms with Gasteiger partial charge >= 0.3 is 10.5 Å². The molecule has 1 N–H and O–H groups in total. The smallest absolute Gasteiger partial charge is 0.488 e. The van der Waals surface area contributed by atoms with E-state index < -0.39 is 17.6 Å². The van der Waals surface area contributed by atoms with Crippen molar-refractivity contribution >= 4 is 46.2 Å². The van der Waals surface area contributed by atoms with Gasteiger partial charge in [-0.05, 0) is 68.3 Å². The standard InChI is InChI=1S/C23H25ClFN4O6PS/c1-29-8-7-14-10-20(33-2)18(9-15(14)13-29)27-23-26-12-17(24)22(28-23)34-19-6-5-16(35-37(25,31)32)11-21(19)36(3,4)30/h5-6,9-12H,7-8,13H2,1-4H3,(H,26,27,28). The lowest BCUT2D eigenvalue weighted by Gasteiger charge is -2.26. The second-order valence-electron chi connectivity index (χ2n) is 8.84. The highest BCUT2D eigenvalue weighted by Crippen LogP contribution is 2.42. The minimum absolute atomic E-state index is 0.0442. The number of fused-ring (bicyclic) bond motifs is 1. The van der Waals surface area contributed by atoms with E-state index in [4.69, 9.17) is 21.1 Å². The number of hydrogen-bond acceptors (Lipinski definition) is 10. The van der Waals surface area contributed by atoms with Crippen molar-refractivity contribution in [3.8, 4) is 23.1 Å². The van der Waals surface area contributed by atoms with Crippen LogP contribution in [0.4, 0.5) is 15.5 Å². The van der Waals surface area contributed by atoms with Gasteiger partial charge in [-0.15, -0.1) is 0 Å². The van der Waals surface area contributed by atoms with Crippen molar-refractivity contribution in [3.63, 3.8) is 0 Å². The van der Waals surface area contributed by atoms with Crippen molar-refractivity contribution in [1.82, 2.24) is 14.9 Å². The normalized spacial score (nSPS) is 14.1. The molecule has 3 aromatic rings. The monoisotopic (exact) mass is 570 g/mol. The van der Waals surface area contributed by atoms with Gasteiger partial charge in [-0.25, -0.2) is 4.98 Å². The zero-order valence-corrected chi connectivity index (χ0v) is 23.0. The fourth-order valence-electron chi connectivity index (χ4n) is 3.87. The SMILES string of the molecule is COc1cc2c(cc1Nc1ncc(Cl)c(Oc3ccc(OS(=O)(=O)F)cc3P(C)(C)=O)n1)CN(C)CC2. The Kier molecular flexibility index (Phi) is 7.66. The zero-order chi connectivity index (χ0) is 27.0. The topological polar surface area (TPSA) is 120 Å². The molecule has 10 nitrogen and oxygen atoms in total. The van der Waals surface area contributed by atoms with Gasteiger partial charge in [0.15, 0.2) is 0 Å². The van der Waals surface area contributed by atoms with Crippen LogP contribution < -0.4 is 24.3 Å². The van der Waals surface area contributed by atoms with E-state index in [1.807, 2.05) is 12.1 Å². The van der Waals surface area contributed by atoms with Crippen molar-refractivity contribution in [1.29, 1.82) is 0 Å². The molecule has 0 saturated heterocycles. The molecule has 0 fully saturated rings. The maximum atomic E-state index is 13.0. The van der Waals surface area contributed by atoms with Gasteiger partial charge in [0.05, 0.1) is 24.3 Å². The predicted molar refractivity (Wildman–Crippen MR) is 140 cm³/mol. The molecular weight excluding hydrogens is 546 g/mol. The van der Waals surface area contributed by atoms with Crippen LogP contribution in [-0.4, -0.2) is 57.3 Å². The Labute approximate surface area is 219 Å². The highest BCUT2D eigenvalue weighted by atomic mass is 35.5. The van der Waals surface area contributed by atoms with Gasteiger partial charge in [-0.3, -0.25) is 0 Å². The van der Waals surface area contributed by atoms with Crippen LogP contribution in [0.5, 0.6) is 23.1 Å². The van der Waals surface area contributed by atoms with Crippen LogP contribution in [0.15, 0.2) is 36.5 Å². The molecule has 0 radical (unpaired) electrons. The van der Waals surface area contributed by atoms with E-state index in [9.17, 15) is 16.9 Å². The number of anilines is 2. The molecule has 4 rings (SSSR count). The lowest BCUT2D eigenvalue weighted by atomic mass is 9.99. The molecule has 0 unspecified atom stereocenters. The molecule has 0 saturated carbocycles. The molecule has 198 valence electrons. The maximum absolute atomic E-state index is 13.0. The van der Waals surface area contributed by atoms with Gasteiger partial charge < -0.3 is 28.4 Å². The summed E-state index contributed by atoms with van der Waals surface area (Å²) in [6.07, 6.45) is 2.26. The first-order chi connectivity index (χ1) is 17.3. The largest absolute Gasteiger partial charge is 0.495 e. The number of nitrogens with zero attached hydrogens (tertiary/aromatic N) is 3. The van der Waals surface area contributed by atoms with E-state index in [0.29, 0.717) is 11.4 Å². The molecule has 37 heavy (non-hydrogen) atoms. The number of likely N-dealkylation sites (N-methyl/N-ethyl adjacent to an activating group) is 1. The Morgan fingerprint density at radius 3 is 2.59 bits per heavy atom. The van der Waals surface area contributed by atoms with Crippen molar-refractivity contribution in [2.75, 3.05) is 39.3 Å². The average Bonchev–Trinajstić information content (AvgIpc) is 2.80. The fraction of sp³-hybridized carbons (Fsp3) is 0.304. The molecule has 0 bridgehead atoms. The lowest BCUT2D eigenvalue weighted by Crippen LogP contribution is -2.26. The number of hydrogen-bond donors (Lipinski definition) is 1. The average molecular weight is 571 g/mol. The first-order valence-electron chi connectivity index (χ1n) is 11.0. The number of nitrogens with one attached hydrogen (secondary N) is 1. The van der Waals surface area contributed by atoms with Gasteiger partial charge in [0.1, 0.15) is 29.4 Å². The van der Waals surface area contributed by atoms with Crippen molar-refractivity contribution in [2.45, 2.75) is 13.0 Å². The predicted octanol–water partition coefficient (Wildman–Crippen LogP) is 4.50. The van der Waals surface area contributed by atoms with Crippen LogP contribution in [0.3, 0.4) is 0 Å². The van der Waals surface area contributed by atoms with E-state index in [2.05, 4.69) is 31.4 Å². The van der Waals surface area contributed by atoms with Crippen LogP contribution in [-0.2, 0) is 28.0 Å². The summed E-state index contributed by atoms with van der Waals surface area (Å²) in [5.41, 5.74) is 3.03. The number of benzene rings is 2. The lowest BCUT2D eigenvalue weighted by molar-refractivity contribution is 0.312. The molecule has 0 amide bonds. The first-order valence-corrected chi connectivity index (χ1v) is 15.3. The summed E-state index contributed by atoms with van der Waals surface area (Å²) in [4.78, 5) is 10.8. The quantitative estimate of drug-likeness (QED) is 0.306. The van der Waals surface area contributed by atoms with Crippen LogP contribution >= 0.6 is 18.7 Å². The minimum Gasteiger partial charge on any atom is -0.495 e. The summed E-state index contributed by atoms with van der Waals surface area (Å²) in [5, 5.41) is 3.32. The Morgan fingerprint density at radius 1 is 1.16 bits per heavy atom. The number of rotatable bonds is 8. The van der Waals surface area contributed by atoms with Crippen LogP contribution in [0.25, 0.3) is 0 Å². The van der Waals surface area contributed by atoms with Gasteiger partial charge in [0.25, 0.3) is 0 Å². The Morgan fingerprint density at radius 2 is 1.92 bits per heavy atom. The third-order valence-electron chi connectivity index (χ3n) is 5.60. The molecule has 1 aromatic heterocycles. The van der Waals surface area contributed by atoms with Crippen molar-refractivity contribution < 1.29 is 30.5 Å². The highest BCUT2D eigenvalue weighted by molar-refractivity contribution is 7.81.